The lowest BCUT2D eigenvalue weighted by molar-refractivity contribution is 0.167. The van der Waals surface area contributed by atoms with Crippen molar-refractivity contribution in [2.24, 2.45) is 11.5 Å². The van der Waals surface area contributed by atoms with Crippen LogP contribution in [0.2, 0.25) is 0 Å². The molecule has 120 valence electrons. The number of nitrogens with two attached hydrogens (primary N) is 2. The maximum Gasteiger partial charge on any atom is 0.318 e. The lowest BCUT2D eigenvalue weighted by Crippen LogP contribution is -2.51. The van der Waals surface area contributed by atoms with Crippen molar-refractivity contribution in [3.63, 3.8) is 0 Å². The van der Waals surface area contributed by atoms with E-state index in [1.54, 1.807) is 4.90 Å². The number of nitrogens with zero attached hydrogens (tertiary/aromatic N) is 2. The van der Waals surface area contributed by atoms with Gasteiger partial charge in [0.2, 0.25) is 0 Å². The predicted molar refractivity (Wildman–Crippen MR) is 84.4 cm³/mol. The Hall–Kier alpha value is -0.850. The Morgan fingerprint density at radius 1 is 1.15 bits per heavy atom. The maximum absolute atomic E-state index is 12.1. The fourth-order valence-corrected chi connectivity index (χ4v) is 2.06. The third kappa shape index (κ3) is 9.12. The second kappa shape index (κ2) is 11.9. The summed E-state index contributed by atoms with van der Waals surface area (Å²) in [6, 6.07) is -0.0578. The van der Waals surface area contributed by atoms with Crippen molar-refractivity contribution >= 4 is 6.03 Å². The summed E-state index contributed by atoms with van der Waals surface area (Å²) < 4.78 is 0. The fourth-order valence-electron chi connectivity index (χ4n) is 2.06. The number of rotatable bonds is 11. The molecular formula is C14H33N5O. The molecule has 0 saturated carbocycles. The molecule has 20 heavy (non-hydrogen) atoms. The number of carbonyl (C=O) groups is 1. The first kappa shape index (κ1) is 19.1. The minimum Gasteiger partial charge on any atom is -0.338 e. The Bertz CT molecular complexity index is 248. The Kier molecular flexibility index (Phi) is 11.4. The van der Waals surface area contributed by atoms with E-state index >= 15 is 0 Å². The Morgan fingerprint density at radius 2 is 1.85 bits per heavy atom. The van der Waals surface area contributed by atoms with Crippen molar-refractivity contribution in [1.29, 1.82) is 0 Å². The number of unbranched alkanes of at least 4 members (excludes halogenated alkanes) is 2. The SMILES string of the molecule is CCNC(=O)N(CCCN(C)C)C(N)CCCCCN. The van der Waals surface area contributed by atoms with Gasteiger partial charge in [-0.15, -0.1) is 0 Å². The number of hydrogen-bond acceptors (Lipinski definition) is 4. The van der Waals surface area contributed by atoms with Gasteiger partial charge < -0.3 is 26.6 Å². The van der Waals surface area contributed by atoms with Gasteiger partial charge in [0.25, 0.3) is 0 Å². The van der Waals surface area contributed by atoms with Gasteiger partial charge in [-0.25, -0.2) is 4.79 Å². The van der Waals surface area contributed by atoms with Crippen LogP contribution in [0.1, 0.15) is 39.0 Å². The van der Waals surface area contributed by atoms with Crippen LogP contribution >= 0.6 is 0 Å². The van der Waals surface area contributed by atoms with Gasteiger partial charge in [0, 0.05) is 13.1 Å². The highest BCUT2D eigenvalue weighted by Gasteiger charge is 2.19. The molecule has 0 aliphatic heterocycles. The third-order valence-corrected chi connectivity index (χ3v) is 3.20. The van der Waals surface area contributed by atoms with Crippen molar-refractivity contribution in [3.8, 4) is 0 Å². The van der Waals surface area contributed by atoms with Crippen molar-refractivity contribution in [1.82, 2.24) is 15.1 Å². The molecule has 6 heteroatoms. The van der Waals surface area contributed by atoms with Gasteiger partial charge in [0.15, 0.2) is 0 Å². The molecule has 0 spiro atoms. The third-order valence-electron chi connectivity index (χ3n) is 3.20. The molecule has 1 atom stereocenters. The Labute approximate surface area is 123 Å². The molecule has 2 amide bonds. The summed E-state index contributed by atoms with van der Waals surface area (Å²) in [6.45, 7) is 4.92. The normalized spacial score (nSPS) is 12.5. The lowest BCUT2D eigenvalue weighted by Gasteiger charge is -2.29. The number of hydrogen-bond donors (Lipinski definition) is 3. The van der Waals surface area contributed by atoms with Crippen molar-refractivity contribution < 1.29 is 4.79 Å². The molecule has 0 aliphatic carbocycles. The number of urea groups is 1. The van der Waals surface area contributed by atoms with E-state index < -0.39 is 0 Å². The van der Waals surface area contributed by atoms with Crippen LogP contribution in [-0.4, -0.2) is 62.3 Å². The van der Waals surface area contributed by atoms with E-state index in [2.05, 4.69) is 10.2 Å². The van der Waals surface area contributed by atoms with E-state index in [1.165, 1.54) is 0 Å². The van der Waals surface area contributed by atoms with Crippen molar-refractivity contribution in [2.75, 3.05) is 40.3 Å². The summed E-state index contributed by atoms with van der Waals surface area (Å²) in [7, 11) is 4.06. The molecule has 0 radical (unpaired) electrons. The highest BCUT2D eigenvalue weighted by atomic mass is 16.2. The highest BCUT2D eigenvalue weighted by molar-refractivity contribution is 5.74. The first-order chi connectivity index (χ1) is 9.52. The number of nitrogens with one attached hydrogen (secondary N) is 1. The molecule has 0 aromatic rings. The molecule has 0 aliphatic rings. The van der Waals surface area contributed by atoms with Crippen LogP contribution in [0.4, 0.5) is 4.79 Å². The van der Waals surface area contributed by atoms with Gasteiger partial charge in [0.05, 0.1) is 6.17 Å². The van der Waals surface area contributed by atoms with Crippen LogP contribution in [0.25, 0.3) is 0 Å². The van der Waals surface area contributed by atoms with Crippen LogP contribution in [-0.2, 0) is 0 Å². The summed E-state index contributed by atoms with van der Waals surface area (Å²) in [5.74, 6) is 0. The molecule has 0 saturated heterocycles. The van der Waals surface area contributed by atoms with Crippen LogP contribution in [0.5, 0.6) is 0 Å². The fraction of sp³-hybridized carbons (Fsp3) is 0.929. The zero-order valence-corrected chi connectivity index (χ0v) is 13.4. The summed E-state index contributed by atoms with van der Waals surface area (Å²) in [6.07, 6.45) is 4.67. The summed E-state index contributed by atoms with van der Waals surface area (Å²) >= 11 is 0. The zero-order chi connectivity index (χ0) is 15.4. The second-order valence-corrected chi connectivity index (χ2v) is 5.39. The lowest BCUT2D eigenvalue weighted by atomic mass is 10.1. The molecule has 0 fully saturated rings. The molecule has 0 heterocycles. The smallest absolute Gasteiger partial charge is 0.318 e. The molecule has 0 aromatic heterocycles. The monoisotopic (exact) mass is 287 g/mol. The van der Waals surface area contributed by atoms with Gasteiger partial charge in [-0.2, -0.15) is 0 Å². The quantitative estimate of drug-likeness (QED) is 0.387. The predicted octanol–water partition coefficient (Wildman–Crippen LogP) is 0.774. The van der Waals surface area contributed by atoms with Gasteiger partial charge in [-0.1, -0.05) is 12.8 Å². The summed E-state index contributed by atoms with van der Waals surface area (Å²) in [5, 5.41) is 2.84. The molecule has 6 nitrogen and oxygen atoms in total. The summed E-state index contributed by atoms with van der Waals surface area (Å²) in [5.41, 5.74) is 11.6. The number of carbonyl (C=O) groups excluding carboxylic acids is 1. The molecule has 1 unspecified atom stereocenters. The van der Waals surface area contributed by atoms with Gasteiger partial charge in [0.1, 0.15) is 0 Å². The second-order valence-electron chi connectivity index (χ2n) is 5.39. The number of amides is 2. The minimum atomic E-state index is -0.207. The van der Waals surface area contributed by atoms with E-state index in [0.717, 1.165) is 45.2 Å². The molecule has 0 rings (SSSR count). The standard InChI is InChI=1S/C14H33N5O/c1-4-17-14(20)19(12-8-11-18(2)3)13(16)9-6-5-7-10-15/h13H,4-12,15-16H2,1-3H3,(H,17,20). The molecule has 0 aromatic carbocycles. The molecule has 5 N–H and O–H groups in total. The van der Waals surface area contributed by atoms with Crippen LogP contribution < -0.4 is 16.8 Å². The Morgan fingerprint density at radius 3 is 2.40 bits per heavy atom. The molecular weight excluding hydrogens is 254 g/mol. The highest BCUT2D eigenvalue weighted by Crippen LogP contribution is 2.07. The average molecular weight is 287 g/mol. The van der Waals surface area contributed by atoms with Crippen molar-refractivity contribution in [3.05, 3.63) is 0 Å². The largest absolute Gasteiger partial charge is 0.338 e. The zero-order valence-electron chi connectivity index (χ0n) is 13.4. The maximum atomic E-state index is 12.1. The van der Waals surface area contributed by atoms with Gasteiger partial charge in [-0.05, 0) is 53.4 Å². The van der Waals surface area contributed by atoms with Crippen LogP contribution in [0.15, 0.2) is 0 Å². The van der Waals surface area contributed by atoms with Crippen LogP contribution in [0.3, 0.4) is 0 Å². The van der Waals surface area contributed by atoms with Crippen LogP contribution in [0, 0.1) is 0 Å². The van der Waals surface area contributed by atoms with Crippen molar-refractivity contribution in [2.45, 2.75) is 45.2 Å². The van der Waals surface area contributed by atoms with E-state index in [9.17, 15) is 4.79 Å². The minimum absolute atomic E-state index is 0.0578. The van der Waals surface area contributed by atoms with E-state index in [1.807, 2.05) is 21.0 Å². The average Bonchev–Trinajstić information content (AvgIpc) is 2.39. The summed E-state index contributed by atoms with van der Waals surface area (Å²) in [4.78, 5) is 15.9. The Balaban J connectivity index is 4.23. The van der Waals surface area contributed by atoms with E-state index in [0.29, 0.717) is 13.1 Å². The first-order valence-electron chi connectivity index (χ1n) is 7.67. The topological polar surface area (TPSA) is 87.6 Å². The van der Waals surface area contributed by atoms with Gasteiger partial charge >= 0.3 is 6.03 Å². The van der Waals surface area contributed by atoms with Gasteiger partial charge in [-0.3, -0.25) is 0 Å². The molecule has 0 bridgehead atoms. The first-order valence-corrected chi connectivity index (χ1v) is 7.67. The van der Waals surface area contributed by atoms with E-state index in [-0.39, 0.29) is 12.2 Å². The van der Waals surface area contributed by atoms with E-state index in [4.69, 9.17) is 11.5 Å².